The number of hydrogen-bond acceptors (Lipinski definition) is 4. The van der Waals surface area contributed by atoms with Gasteiger partial charge in [0.1, 0.15) is 11.6 Å². The molecule has 0 bridgehead atoms. The first kappa shape index (κ1) is 12.6. The maximum atomic E-state index is 13.8. The van der Waals surface area contributed by atoms with Gasteiger partial charge in [-0.25, -0.2) is 4.39 Å². The summed E-state index contributed by atoms with van der Waals surface area (Å²) in [7, 11) is 1.42. The molecule has 1 saturated carbocycles. The zero-order valence-corrected chi connectivity index (χ0v) is 10.4. The topological polar surface area (TPSA) is 57.9 Å². The molecule has 0 spiro atoms. The van der Waals surface area contributed by atoms with Crippen molar-refractivity contribution in [3.05, 3.63) is 17.4 Å². The van der Waals surface area contributed by atoms with Crippen LogP contribution in [0.1, 0.15) is 37.7 Å². The Morgan fingerprint density at radius 2 is 2.17 bits per heavy atom. The van der Waals surface area contributed by atoms with Gasteiger partial charge in [-0.1, -0.05) is 19.3 Å². The lowest BCUT2D eigenvalue weighted by atomic mass is 9.95. The average Bonchev–Trinajstić information content (AvgIpc) is 2.41. The van der Waals surface area contributed by atoms with Gasteiger partial charge in [-0.3, -0.25) is 0 Å². The first-order valence-electron chi connectivity index (χ1n) is 6.15. The van der Waals surface area contributed by atoms with Crippen molar-refractivity contribution in [1.29, 1.82) is 5.26 Å². The van der Waals surface area contributed by atoms with Crippen LogP contribution in [0.15, 0.2) is 6.07 Å². The lowest BCUT2D eigenvalue weighted by Gasteiger charge is -2.23. The Balaban J connectivity index is 2.19. The minimum atomic E-state index is -0.502. The van der Waals surface area contributed by atoms with Gasteiger partial charge in [-0.2, -0.15) is 10.2 Å². The van der Waals surface area contributed by atoms with E-state index in [9.17, 15) is 4.39 Å². The summed E-state index contributed by atoms with van der Waals surface area (Å²) in [4.78, 5) is 4.02. The molecule has 1 heterocycles. The monoisotopic (exact) mass is 249 g/mol. The van der Waals surface area contributed by atoms with E-state index >= 15 is 0 Å². The van der Waals surface area contributed by atoms with Crippen molar-refractivity contribution in [2.24, 2.45) is 0 Å². The molecule has 1 aliphatic carbocycles. The Hall–Kier alpha value is -1.83. The number of nitrogens with zero attached hydrogens (tertiary/aromatic N) is 2. The number of pyridine rings is 1. The van der Waals surface area contributed by atoms with Crippen LogP contribution in [-0.4, -0.2) is 18.1 Å². The van der Waals surface area contributed by atoms with Crippen LogP contribution in [0, 0.1) is 17.1 Å². The molecule has 0 saturated heterocycles. The number of ether oxygens (including phenoxy) is 1. The van der Waals surface area contributed by atoms with E-state index in [0.717, 1.165) is 31.7 Å². The molecule has 1 aromatic rings. The van der Waals surface area contributed by atoms with E-state index in [2.05, 4.69) is 10.3 Å². The second kappa shape index (κ2) is 5.67. The van der Waals surface area contributed by atoms with E-state index in [4.69, 9.17) is 10.00 Å². The summed E-state index contributed by atoms with van der Waals surface area (Å²) in [5.74, 6) is -0.159. The molecule has 0 amide bonds. The number of anilines is 1. The minimum absolute atomic E-state index is 0.115. The van der Waals surface area contributed by atoms with E-state index in [-0.39, 0.29) is 23.3 Å². The number of hydrogen-bond donors (Lipinski definition) is 1. The Bertz CT molecular complexity index is 464. The maximum absolute atomic E-state index is 13.8. The van der Waals surface area contributed by atoms with Crippen molar-refractivity contribution in [2.75, 3.05) is 12.4 Å². The van der Waals surface area contributed by atoms with Gasteiger partial charge in [-0.15, -0.1) is 0 Å². The zero-order chi connectivity index (χ0) is 13.0. The third-order valence-electron chi connectivity index (χ3n) is 3.20. The molecule has 0 radical (unpaired) electrons. The highest BCUT2D eigenvalue weighted by Crippen LogP contribution is 2.25. The van der Waals surface area contributed by atoms with Crippen molar-refractivity contribution < 1.29 is 9.13 Å². The van der Waals surface area contributed by atoms with Crippen LogP contribution >= 0.6 is 0 Å². The normalized spacial score (nSPS) is 16.1. The molecule has 1 N–H and O–H groups in total. The highest BCUT2D eigenvalue weighted by molar-refractivity contribution is 5.48. The summed E-state index contributed by atoms with van der Waals surface area (Å²) in [6.07, 6.45) is 5.62. The predicted octanol–water partition coefficient (Wildman–Crippen LogP) is 2.85. The van der Waals surface area contributed by atoms with E-state index in [1.807, 2.05) is 6.07 Å². The predicted molar refractivity (Wildman–Crippen MR) is 66.0 cm³/mol. The van der Waals surface area contributed by atoms with Crippen LogP contribution in [0.2, 0.25) is 0 Å². The Morgan fingerprint density at radius 1 is 1.44 bits per heavy atom. The number of nitriles is 1. The summed E-state index contributed by atoms with van der Waals surface area (Å²) in [5, 5.41) is 11.9. The van der Waals surface area contributed by atoms with E-state index < -0.39 is 5.82 Å². The number of rotatable bonds is 3. The first-order valence-corrected chi connectivity index (χ1v) is 6.15. The van der Waals surface area contributed by atoms with E-state index in [1.165, 1.54) is 13.5 Å². The molecule has 96 valence electrons. The third-order valence-corrected chi connectivity index (χ3v) is 3.20. The number of methoxy groups -OCH3 is 1. The molecule has 0 unspecified atom stereocenters. The third kappa shape index (κ3) is 2.70. The van der Waals surface area contributed by atoms with Crippen LogP contribution in [0.3, 0.4) is 0 Å². The second-order valence-corrected chi connectivity index (χ2v) is 4.47. The van der Waals surface area contributed by atoms with Gasteiger partial charge in [-0.05, 0) is 12.8 Å². The lowest BCUT2D eigenvalue weighted by molar-refractivity contribution is 0.394. The summed E-state index contributed by atoms with van der Waals surface area (Å²) >= 11 is 0. The molecule has 1 aromatic heterocycles. The Kier molecular flexibility index (Phi) is 3.98. The fraction of sp³-hybridized carbons (Fsp3) is 0.538. The van der Waals surface area contributed by atoms with Gasteiger partial charge >= 0.3 is 0 Å². The van der Waals surface area contributed by atoms with Crippen molar-refractivity contribution in [1.82, 2.24) is 4.98 Å². The summed E-state index contributed by atoms with van der Waals surface area (Å²) in [6.45, 7) is 0. The van der Waals surface area contributed by atoms with Crippen LogP contribution in [-0.2, 0) is 0 Å². The van der Waals surface area contributed by atoms with Crippen LogP contribution < -0.4 is 10.1 Å². The number of aromatic nitrogens is 1. The molecule has 0 atom stereocenters. The van der Waals surface area contributed by atoms with E-state index in [0.29, 0.717) is 0 Å². The van der Waals surface area contributed by atoms with Crippen LogP contribution in [0.25, 0.3) is 0 Å². The number of halogens is 1. The van der Waals surface area contributed by atoms with Crippen molar-refractivity contribution >= 4 is 5.82 Å². The molecule has 2 rings (SSSR count). The molecule has 0 aromatic carbocycles. The quantitative estimate of drug-likeness (QED) is 0.894. The molecule has 0 aliphatic heterocycles. The molecular formula is C13H16FN3O. The standard InChI is InChI=1S/C13H16FN3O/c1-18-13-9(8-15)7-11(14)12(17-13)16-10-5-3-2-4-6-10/h7,10H,2-6H2,1H3,(H,16,17). The molecule has 5 heteroatoms. The molecule has 4 nitrogen and oxygen atoms in total. The van der Waals surface area contributed by atoms with Crippen LogP contribution in [0.4, 0.5) is 10.2 Å². The molecule has 1 aliphatic rings. The van der Waals surface area contributed by atoms with Gasteiger partial charge in [0.05, 0.1) is 7.11 Å². The molecule has 1 fully saturated rings. The average molecular weight is 249 g/mol. The lowest BCUT2D eigenvalue weighted by Crippen LogP contribution is -2.23. The van der Waals surface area contributed by atoms with Gasteiger partial charge < -0.3 is 10.1 Å². The Labute approximate surface area is 106 Å². The summed E-state index contributed by atoms with van der Waals surface area (Å²) < 4.78 is 18.8. The van der Waals surface area contributed by atoms with Crippen molar-refractivity contribution in [3.63, 3.8) is 0 Å². The van der Waals surface area contributed by atoms with Gasteiger partial charge in [0.2, 0.25) is 5.88 Å². The highest BCUT2D eigenvalue weighted by Gasteiger charge is 2.17. The fourth-order valence-electron chi connectivity index (χ4n) is 2.25. The SMILES string of the molecule is COc1nc(NC2CCCCC2)c(F)cc1C#N. The van der Waals surface area contributed by atoms with Crippen molar-refractivity contribution in [2.45, 2.75) is 38.1 Å². The highest BCUT2D eigenvalue weighted by atomic mass is 19.1. The fourth-order valence-corrected chi connectivity index (χ4v) is 2.25. The smallest absolute Gasteiger partial charge is 0.233 e. The van der Waals surface area contributed by atoms with Crippen LogP contribution in [0.5, 0.6) is 5.88 Å². The minimum Gasteiger partial charge on any atom is -0.480 e. The van der Waals surface area contributed by atoms with E-state index in [1.54, 1.807) is 0 Å². The number of nitrogens with one attached hydrogen (secondary N) is 1. The summed E-state index contributed by atoms with van der Waals surface area (Å²) in [6, 6.07) is 3.29. The van der Waals surface area contributed by atoms with Gasteiger partial charge in [0, 0.05) is 12.1 Å². The molecule has 18 heavy (non-hydrogen) atoms. The second-order valence-electron chi connectivity index (χ2n) is 4.47. The zero-order valence-electron chi connectivity index (χ0n) is 10.4. The van der Waals surface area contributed by atoms with Gasteiger partial charge in [0.15, 0.2) is 11.6 Å². The largest absolute Gasteiger partial charge is 0.480 e. The molecular weight excluding hydrogens is 233 g/mol. The summed E-state index contributed by atoms with van der Waals surface area (Å²) in [5.41, 5.74) is 0.115. The van der Waals surface area contributed by atoms with Gasteiger partial charge in [0.25, 0.3) is 0 Å². The van der Waals surface area contributed by atoms with Crippen molar-refractivity contribution in [3.8, 4) is 11.9 Å². The first-order chi connectivity index (χ1) is 8.74. The maximum Gasteiger partial charge on any atom is 0.233 e. The Morgan fingerprint density at radius 3 is 2.78 bits per heavy atom.